The predicted octanol–water partition coefficient (Wildman–Crippen LogP) is 2.07. The lowest BCUT2D eigenvalue weighted by Gasteiger charge is -2.36. The molecule has 3 N–H and O–H groups in total. The number of nitrogen functional groups attached to an aromatic ring is 1. The molecule has 1 heterocycles. The minimum Gasteiger partial charge on any atom is -0.495 e. The van der Waals surface area contributed by atoms with Crippen molar-refractivity contribution in [2.24, 2.45) is 0 Å². The van der Waals surface area contributed by atoms with Crippen LogP contribution in [0.2, 0.25) is 5.02 Å². The highest BCUT2D eigenvalue weighted by atomic mass is 35.5. The van der Waals surface area contributed by atoms with E-state index in [1.807, 2.05) is 19.9 Å². The third kappa shape index (κ3) is 4.66. The molecule has 120 valence electrons. The van der Waals surface area contributed by atoms with Crippen molar-refractivity contribution in [1.29, 1.82) is 0 Å². The number of nitrogens with two attached hydrogens (primary N) is 1. The van der Waals surface area contributed by atoms with Gasteiger partial charge >= 0.3 is 0 Å². The molecule has 1 saturated heterocycles. The van der Waals surface area contributed by atoms with Crippen LogP contribution in [0.25, 0.3) is 0 Å². The topological polar surface area (TPSA) is 62.0 Å². The van der Waals surface area contributed by atoms with Crippen molar-refractivity contribution in [1.82, 2.24) is 4.90 Å². The number of piperazine rings is 1. The first-order valence-corrected chi connectivity index (χ1v) is 7.74. The van der Waals surface area contributed by atoms with Crippen LogP contribution in [0.1, 0.15) is 13.8 Å². The molecule has 1 aliphatic heterocycles. The van der Waals surface area contributed by atoms with Crippen LogP contribution in [0.5, 0.6) is 5.75 Å². The maximum Gasteiger partial charge on any atom is 0.143 e. The Labute approximate surface area is 132 Å². The molecule has 21 heavy (non-hydrogen) atoms. The van der Waals surface area contributed by atoms with E-state index in [1.54, 1.807) is 13.2 Å². The monoisotopic (exact) mass is 315 g/mol. The predicted molar refractivity (Wildman–Crippen MR) is 89.5 cm³/mol. The van der Waals surface area contributed by atoms with Crippen LogP contribution in [0.3, 0.4) is 0 Å². The van der Waals surface area contributed by atoms with E-state index in [9.17, 15) is 0 Å². The van der Waals surface area contributed by atoms with Gasteiger partial charge in [0, 0.05) is 38.8 Å². The number of halogens is 1. The zero-order valence-electron chi connectivity index (χ0n) is 13.1. The lowest BCUT2D eigenvalue weighted by molar-refractivity contribution is 0.189. The molecule has 0 bridgehead atoms. The summed E-state index contributed by atoms with van der Waals surface area (Å²) in [6.45, 7) is 8.54. The van der Waals surface area contributed by atoms with Gasteiger partial charge in [0.05, 0.1) is 30.1 Å². The summed E-state index contributed by atoms with van der Waals surface area (Å²) in [6.07, 6.45) is 0. The molecule has 0 unspecified atom stereocenters. The molecule has 0 radical (unpaired) electrons. The minimum atomic E-state index is 0.205. The van der Waals surface area contributed by atoms with Crippen LogP contribution in [-0.4, -0.2) is 56.4 Å². The van der Waals surface area contributed by atoms with E-state index in [4.69, 9.17) is 27.2 Å². The number of aliphatic hydroxyl groups is 1. The maximum absolute atomic E-state index is 8.94. The second-order valence-electron chi connectivity index (χ2n) is 4.60. The normalized spacial score (nSPS) is 15.4. The van der Waals surface area contributed by atoms with Gasteiger partial charge in [0.1, 0.15) is 5.75 Å². The Kier molecular flexibility index (Phi) is 7.64. The lowest BCUT2D eigenvalue weighted by Crippen LogP contribution is -2.47. The molecule has 6 heteroatoms. The Morgan fingerprint density at radius 2 is 1.86 bits per heavy atom. The van der Waals surface area contributed by atoms with Gasteiger partial charge in [0.15, 0.2) is 0 Å². The summed E-state index contributed by atoms with van der Waals surface area (Å²) in [5.41, 5.74) is 7.33. The summed E-state index contributed by atoms with van der Waals surface area (Å²) in [5.74, 6) is 0.650. The smallest absolute Gasteiger partial charge is 0.143 e. The summed E-state index contributed by atoms with van der Waals surface area (Å²) in [5, 5.41) is 9.58. The van der Waals surface area contributed by atoms with Crippen molar-refractivity contribution in [2.75, 3.05) is 57.1 Å². The van der Waals surface area contributed by atoms with E-state index in [1.165, 1.54) is 0 Å². The van der Waals surface area contributed by atoms with Crippen LogP contribution in [0.15, 0.2) is 12.1 Å². The molecule has 0 amide bonds. The Morgan fingerprint density at radius 3 is 2.38 bits per heavy atom. The van der Waals surface area contributed by atoms with E-state index in [0.717, 1.165) is 38.4 Å². The van der Waals surface area contributed by atoms with Gasteiger partial charge in [-0.05, 0) is 6.07 Å². The highest BCUT2D eigenvalue weighted by Gasteiger charge is 2.19. The molecule has 0 aromatic heterocycles. The SMILES string of the molecule is CC.COc1cc(N2CCN(CCO)CC2)c(Cl)cc1N. The zero-order valence-corrected chi connectivity index (χ0v) is 13.9. The number of hydrogen-bond donors (Lipinski definition) is 2. The first-order chi connectivity index (χ1) is 10.2. The molecule has 2 rings (SSSR count). The number of anilines is 2. The van der Waals surface area contributed by atoms with Gasteiger partial charge in [-0.1, -0.05) is 25.4 Å². The van der Waals surface area contributed by atoms with Gasteiger partial charge in [-0.15, -0.1) is 0 Å². The van der Waals surface area contributed by atoms with Crippen LogP contribution < -0.4 is 15.4 Å². The van der Waals surface area contributed by atoms with Gasteiger partial charge in [0.25, 0.3) is 0 Å². The van der Waals surface area contributed by atoms with Crippen molar-refractivity contribution in [3.63, 3.8) is 0 Å². The average molecular weight is 316 g/mol. The molecule has 1 aromatic carbocycles. The molecule has 1 fully saturated rings. The van der Waals surface area contributed by atoms with Crippen molar-refractivity contribution >= 4 is 23.0 Å². The lowest BCUT2D eigenvalue weighted by atomic mass is 10.2. The molecule has 0 spiro atoms. The third-order valence-electron chi connectivity index (χ3n) is 3.43. The van der Waals surface area contributed by atoms with E-state index >= 15 is 0 Å². The summed E-state index contributed by atoms with van der Waals surface area (Å²) in [7, 11) is 1.60. The molecule has 1 aromatic rings. The van der Waals surface area contributed by atoms with Gasteiger partial charge in [-0.25, -0.2) is 0 Å². The Hall–Kier alpha value is -1.17. The minimum absolute atomic E-state index is 0.205. The standard InChI is InChI=1S/C13H20ClN3O2.C2H6/c1-19-13-9-12(10(14)8-11(13)15)17-4-2-16(3-5-17)6-7-18;1-2/h8-9,18H,2-7,15H2,1H3;1-2H3. The van der Waals surface area contributed by atoms with Crippen molar-refractivity contribution in [3.05, 3.63) is 17.2 Å². The first kappa shape index (κ1) is 17.9. The number of ether oxygens (including phenoxy) is 1. The van der Waals surface area contributed by atoms with E-state index < -0.39 is 0 Å². The van der Waals surface area contributed by atoms with Crippen molar-refractivity contribution in [3.8, 4) is 5.75 Å². The molecular weight excluding hydrogens is 290 g/mol. The first-order valence-electron chi connectivity index (χ1n) is 7.37. The molecule has 5 nitrogen and oxygen atoms in total. The number of nitrogens with zero attached hydrogens (tertiary/aromatic N) is 2. The molecule has 1 aliphatic rings. The van der Waals surface area contributed by atoms with Gasteiger partial charge in [0.2, 0.25) is 0 Å². The Morgan fingerprint density at radius 1 is 1.24 bits per heavy atom. The van der Waals surface area contributed by atoms with Gasteiger partial charge in [-0.2, -0.15) is 0 Å². The number of β-amino-alcohol motifs (C(OH)–C–C–N with tert-alkyl or cyclic N) is 1. The van der Waals surface area contributed by atoms with Gasteiger partial charge in [-0.3, -0.25) is 4.90 Å². The fraction of sp³-hybridized carbons (Fsp3) is 0.600. The summed E-state index contributed by atoms with van der Waals surface area (Å²) >= 11 is 6.26. The highest BCUT2D eigenvalue weighted by Crippen LogP contribution is 2.35. The molecular formula is C15H26ClN3O2. The van der Waals surface area contributed by atoms with E-state index in [-0.39, 0.29) is 6.61 Å². The fourth-order valence-corrected chi connectivity index (χ4v) is 2.62. The number of rotatable bonds is 4. The van der Waals surface area contributed by atoms with E-state index in [2.05, 4.69) is 9.80 Å². The summed E-state index contributed by atoms with van der Waals surface area (Å²) < 4.78 is 5.24. The van der Waals surface area contributed by atoms with Crippen LogP contribution in [0, 0.1) is 0 Å². The van der Waals surface area contributed by atoms with Crippen LogP contribution >= 0.6 is 11.6 Å². The summed E-state index contributed by atoms with van der Waals surface area (Å²) in [4.78, 5) is 4.46. The summed E-state index contributed by atoms with van der Waals surface area (Å²) in [6, 6.07) is 3.62. The third-order valence-corrected chi connectivity index (χ3v) is 3.73. The molecule has 0 aliphatic carbocycles. The second kappa shape index (κ2) is 8.97. The fourth-order valence-electron chi connectivity index (χ4n) is 2.33. The maximum atomic E-state index is 8.94. The van der Waals surface area contributed by atoms with Crippen molar-refractivity contribution in [2.45, 2.75) is 13.8 Å². The number of aliphatic hydroxyl groups excluding tert-OH is 1. The number of methoxy groups -OCH3 is 1. The number of benzene rings is 1. The highest BCUT2D eigenvalue weighted by molar-refractivity contribution is 6.33. The van der Waals surface area contributed by atoms with Crippen LogP contribution in [-0.2, 0) is 0 Å². The molecule has 0 atom stereocenters. The second-order valence-corrected chi connectivity index (χ2v) is 5.01. The van der Waals surface area contributed by atoms with E-state index in [0.29, 0.717) is 16.5 Å². The Bertz CT molecular complexity index is 435. The largest absolute Gasteiger partial charge is 0.495 e. The quantitative estimate of drug-likeness (QED) is 0.833. The Balaban J connectivity index is 0.00000106. The average Bonchev–Trinajstić information content (AvgIpc) is 2.51. The zero-order chi connectivity index (χ0) is 15.8. The van der Waals surface area contributed by atoms with Crippen molar-refractivity contribution < 1.29 is 9.84 Å². The van der Waals surface area contributed by atoms with Crippen LogP contribution in [0.4, 0.5) is 11.4 Å². The molecule has 0 saturated carbocycles. The number of hydrogen-bond acceptors (Lipinski definition) is 5. The van der Waals surface area contributed by atoms with Gasteiger partial charge < -0.3 is 20.5 Å².